The van der Waals surface area contributed by atoms with Gasteiger partial charge in [-0.25, -0.2) is 0 Å². The first-order valence-electron chi connectivity index (χ1n) is 5.60. The fourth-order valence-electron chi connectivity index (χ4n) is 1.71. The van der Waals surface area contributed by atoms with Gasteiger partial charge in [0, 0.05) is 19.8 Å². The highest BCUT2D eigenvalue weighted by Gasteiger charge is 2.08. The minimum atomic E-state index is 0.381. The molecule has 0 saturated carbocycles. The van der Waals surface area contributed by atoms with Gasteiger partial charge in [-0.3, -0.25) is 0 Å². The molecule has 0 atom stereocenters. The minimum Gasteiger partial charge on any atom is -0.389 e. The van der Waals surface area contributed by atoms with E-state index in [4.69, 9.17) is 29.6 Å². The molecule has 0 aromatic heterocycles. The Labute approximate surface area is 136 Å². The zero-order chi connectivity index (χ0) is 14.0. The minimum absolute atomic E-state index is 0.381. The van der Waals surface area contributed by atoms with Crippen LogP contribution in [-0.4, -0.2) is 4.99 Å². The first-order chi connectivity index (χ1) is 8.97. The van der Waals surface area contributed by atoms with Crippen molar-refractivity contribution in [3.8, 4) is 0 Å². The lowest BCUT2D eigenvalue weighted by molar-refractivity contribution is 1.43. The number of hydrogen-bond acceptors (Lipinski definition) is 2. The van der Waals surface area contributed by atoms with Crippen molar-refractivity contribution in [2.45, 2.75) is 6.92 Å². The van der Waals surface area contributed by atoms with E-state index in [0.717, 1.165) is 26.1 Å². The summed E-state index contributed by atoms with van der Waals surface area (Å²) in [6, 6.07) is 11.6. The van der Waals surface area contributed by atoms with Crippen molar-refractivity contribution in [1.82, 2.24) is 0 Å². The Morgan fingerprint density at radius 3 is 2.58 bits per heavy atom. The first-order valence-corrected chi connectivity index (χ1v) is 7.46. The molecule has 98 valence electrons. The summed E-state index contributed by atoms with van der Waals surface area (Å²) >= 11 is 13.3. The van der Waals surface area contributed by atoms with Gasteiger partial charge in [-0.2, -0.15) is 0 Å². The zero-order valence-corrected chi connectivity index (χ0v) is 13.9. The molecule has 0 unspecified atom stereocenters. The largest absolute Gasteiger partial charge is 0.389 e. The van der Waals surface area contributed by atoms with Crippen LogP contribution >= 0.6 is 46.4 Å². The van der Waals surface area contributed by atoms with Crippen molar-refractivity contribution >= 4 is 62.8 Å². The fraction of sp³-hybridized carbons (Fsp3) is 0.0714. The molecular formula is C14H12ClIN2S. The highest BCUT2D eigenvalue weighted by atomic mass is 127. The van der Waals surface area contributed by atoms with Gasteiger partial charge in [0.25, 0.3) is 0 Å². The monoisotopic (exact) mass is 402 g/mol. The lowest BCUT2D eigenvalue weighted by atomic mass is 10.1. The Bertz CT molecular complexity index is 643. The number of halogens is 2. The van der Waals surface area contributed by atoms with Crippen molar-refractivity contribution < 1.29 is 0 Å². The quantitative estimate of drug-likeness (QED) is 0.581. The number of thiocarbonyl (C=S) groups is 1. The van der Waals surface area contributed by atoms with E-state index in [0.29, 0.717) is 10.0 Å². The highest BCUT2D eigenvalue weighted by Crippen LogP contribution is 2.28. The van der Waals surface area contributed by atoms with Gasteiger partial charge in [0.05, 0.1) is 5.69 Å². The maximum Gasteiger partial charge on any atom is 0.106 e. The molecule has 2 nitrogen and oxygen atoms in total. The van der Waals surface area contributed by atoms with Crippen LogP contribution in [-0.2, 0) is 0 Å². The van der Waals surface area contributed by atoms with Gasteiger partial charge < -0.3 is 11.1 Å². The third-order valence-electron chi connectivity index (χ3n) is 2.64. The molecule has 0 aliphatic rings. The van der Waals surface area contributed by atoms with Crippen LogP contribution in [0.5, 0.6) is 0 Å². The van der Waals surface area contributed by atoms with Crippen LogP contribution in [0.2, 0.25) is 5.02 Å². The molecule has 2 aromatic rings. The molecule has 2 aromatic carbocycles. The molecule has 0 heterocycles. The third kappa shape index (κ3) is 3.58. The van der Waals surface area contributed by atoms with Crippen LogP contribution in [0.3, 0.4) is 0 Å². The Balaban J connectivity index is 2.42. The molecule has 0 saturated heterocycles. The number of hydrogen-bond donors (Lipinski definition) is 2. The summed E-state index contributed by atoms with van der Waals surface area (Å²) in [7, 11) is 0. The molecule has 5 heteroatoms. The van der Waals surface area contributed by atoms with Crippen LogP contribution in [0, 0.1) is 10.5 Å². The second-order valence-corrected chi connectivity index (χ2v) is 6.20. The number of nitrogens with two attached hydrogens (primary N) is 1. The van der Waals surface area contributed by atoms with E-state index >= 15 is 0 Å². The van der Waals surface area contributed by atoms with Crippen LogP contribution in [0.25, 0.3) is 0 Å². The molecule has 3 N–H and O–H groups in total. The summed E-state index contributed by atoms with van der Waals surface area (Å²) in [5.74, 6) is 0. The van der Waals surface area contributed by atoms with Crippen LogP contribution < -0.4 is 11.1 Å². The van der Waals surface area contributed by atoms with Gasteiger partial charge in [-0.1, -0.05) is 29.9 Å². The van der Waals surface area contributed by atoms with Gasteiger partial charge in [0.1, 0.15) is 4.99 Å². The molecule has 2 rings (SSSR count). The number of nitrogens with one attached hydrogen (secondary N) is 1. The Hall–Kier alpha value is -0.850. The molecule has 0 bridgehead atoms. The fourth-order valence-corrected chi connectivity index (χ4v) is 2.90. The topological polar surface area (TPSA) is 38.0 Å². The maximum atomic E-state index is 5.95. The van der Waals surface area contributed by atoms with E-state index in [1.54, 1.807) is 0 Å². The number of benzene rings is 2. The van der Waals surface area contributed by atoms with E-state index in [1.807, 2.05) is 43.3 Å². The summed E-state index contributed by atoms with van der Waals surface area (Å²) < 4.78 is 1.04. The van der Waals surface area contributed by atoms with E-state index in [-0.39, 0.29) is 0 Å². The molecule has 0 amide bonds. The number of aryl methyl sites for hydroxylation is 1. The number of anilines is 2. The summed E-state index contributed by atoms with van der Waals surface area (Å²) in [6.45, 7) is 2.03. The lowest BCUT2D eigenvalue weighted by Gasteiger charge is -2.13. The molecule has 0 aliphatic carbocycles. The van der Waals surface area contributed by atoms with Crippen LogP contribution in [0.1, 0.15) is 11.1 Å². The van der Waals surface area contributed by atoms with Crippen LogP contribution in [0.4, 0.5) is 11.4 Å². The standard InChI is InChI=1S/C14H12ClIN2S/c1-8-2-4-10(14(17)19)13(6-8)18-12-5-3-9(15)7-11(12)16/h2-7,18H,1H3,(H2,17,19). The average molecular weight is 403 g/mol. The second kappa shape index (κ2) is 6.07. The predicted molar refractivity (Wildman–Crippen MR) is 94.5 cm³/mol. The van der Waals surface area contributed by atoms with Crippen molar-refractivity contribution in [2.24, 2.45) is 5.73 Å². The van der Waals surface area contributed by atoms with E-state index in [2.05, 4.69) is 27.9 Å². The summed E-state index contributed by atoms with van der Waals surface area (Å²) in [6.07, 6.45) is 0. The normalized spacial score (nSPS) is 10.3. The summed E-state index contributed by atoms with van der Waals surface area (Å²) in [5.41, 5.74) is 9.62. The van der Waals surface area contributed by atoms with Crippen molar-refractivity contribution in [1.29, 1.82) is 0 Å². The zero-order valence-electron chi connectivity index (χ0n) is 10.2. The predicted octanol–water partition coefficient (Wildman–Crippen LogP) is 4.63. The third-order valence-corrected chi connectivity index (χ3v) is 3.99. The summed E-state index contributed by atoms with van der Waals surface area (Å²) in [5, 5.41) is 4.07. The first kappa shape index (κ1) is 14.6. The van der Waals surface area contributed by atoms with E-state index in [1.165, 1.54) is 0 Å². The average Bonchev–Trinajstić information content (AvgIpc) is 2.32. The van der Waals surface area contributed by atoms with Crippen molar-refractivity contribution in [2.75, 3.05) is 5.32 Å². The van der Waals surface area contributed by atoms with E-state index < -0.39 is 0 Å². The second-order valence-electron chi connectivity index (χ2n) is 4.16. The van der Waals surface area contributed by atoms with Crippen molar-refractivity contribution in [3.05, 3.63) is 56.1 Å². The molecule has 19 heavy (non-hydrogen) atoms. The Morgan fingerprint density at radius 2 is 1.95 bits per heavy atom. The molecule has 0 fully saturated rings. The highest BCUT2D eigenvalue weighted by molar-refractivity contribution is 14.1. The smallest absolute Gasteiger partial charge is 0.106 e. The van der Waals surface area contributed by atoms with Crippen LogP contribution in [0.15, 0.2) is 36.4 Å². The Morgan fingerprint density at radius 1 is 1.21 bits per heavy atom. The van der Waals surface area contributed by atoms with Gasteiger partial charge >= 0.3 is 0 Å². The molecular weight excluding hydrogens is 391 g/mol. The molecule has 0 spiro atoms. The number of rotatable bonds is 3. The SMILES string of the molecule is Cc1ccc(C(N)=S)c(Nc2ccc(Cl)cc2I)c1. The molecule has 0 aliphatic heterocycles. The maximum absolute atomic E-state index is 5.95. The van der Waals surface area contributed by atoms with Gasteiger partial charge in [0.15, 0.2) is 0 Å². The van der Waals surface area contributed by atoms with Gasteiger partial charge in [0.2, 0.25) is 0 Å². The van der Waals surface area contributed by atoms with Gasteiger partial charge in [-0.05, 0) is 65.4 Å². The van der Waals surface area contributed by atoms with E-state index in [9.17, 15) is 0 Å². The lowest BCUT2D eigenvalue weighted by Crippen LogP contribution is -2.12. The molecule has 0 radical (unpaired) electrons. The van der Waals surface area contributed by atoms with Gasteiger partial charge in [-0.15, -0.1) is 0 Å². The Kier molecular flexibility index (Phi) is 4.65. The summed E-state index contributed by atoms with van der Waals surface area (Å²) in [4.78, 5) is 0.381. The van der Waals surface area contributed by atoms with Crippen molar-refractivity contribution in [3.63, 3.8) is 0 Å².